The summed E-state index contributed by atoms with van der Waals surface area (Å²) >= 11 is 0. The summed E-state index contributed by atoms with van der Waals surface area (Å²) in [4.78, 5) is 14.7. The fourth-order valence-electron chi connectivity index (χ4n) is 3.13. The van der Waals surface area contributed by atoms with Gasteiger partial charge in [0.1, 0.15) is 0 Å². The minimum atomic E-state index is -3.70. The summed E-state index contributed by atoms with van der Waals surface area (Å²) in [6.07, 6.45) is 2.87. The third-order valence-electron chi connectivity index (χ3n) is 4.55. The van der Waals surface area contributed by atoms with E-state index in [2.05, 4.69) is 4.72 Å². The molecule has 3 rings (SSSR count). The average Bonchev–Trinajstić information content (AvgIpc) is 3.13. The highest BCUT2D eigenvalue weighted by Crippen LogP contribution is 2.32. The topological polar surface area (TPSA) is 79.6 Å². The summed E-state index contributed by atoms with van der Waals surface area (Å²) in [5.41, 5.74) is 2.26. The summed E-state index contributed by atoms with van der Waals surface area (Å²) in [5.74, 6) is -0.226. The molecule has 2 heterocycles. The first-order valence-corrected chi connectivity index (χ1v) is 9.81. The molecule has 1 saturated heterocycles. The van der Waals surface area contributed by atoms with E-state index >= 15 is 0 Å². The molecule has 0 spiro atoms. The number of furan rings is 1. The van der Waals surface area contributed by atoms with Gasteiger partial charge in [0.2, 0.25) is 5.09 Å². The number of hydrogen-bond acceptors (Lipinski definition) is 4. The van der Waals surface area contributed by atoms with Gasteiger partial charge in [-0.1, -0.05) is 29.8 Å². The number of carbonyl (C=O) groups excluding carboxylic acids is 1. The number of rotatable bonds is 4. The van der Waals surface area contributed by atoms with Crippen LogP contribution in [0.25, 0.3) is 0 Å². The second-order valence-electron chi connectivity index (χ2n) is 6.25. The number of likely N-dealkylation sites (tertiary alicyclic amines) is 1. The second-order valence-corrected chi connectivity index (χ2v) is 8.06. The van der Waals surface area contributed by atoms with Gasteiger partial charge < -0.3 is 9.32 Å². The lowest BCUT2D eigenvalue weighted by Crippen LogP contribution is -2.38. The predicted molar refractivity (Wildman–Crippen MR) is 93.8 cm³/mol. The zero-order chi connectivity index (χ0) is 18.0. The van der Waals surface area contributed by atoms with Crippen molar-refractivity contribution in [2.75, 3.05) is 13.6 Å². The van der Waals surface area contributed by atoms with Crippen LogP contribution in [0.2, 0.25) is 0 Å². The molecule has 1 aliphatic rings. The van der Waals surface area contributed by atoms with Crippen molar-refractivity contribution in [2.24, 2.45) is 0 Å². The van der Waals surface area contributed by atoms with E-state index in [9.17, 15) is 13.2 Å². The zero-order valence-electron chi connectivity index (χ0n) is 14.4. The van der Waals surface area contributed by atoms with Crippen LogP contribution in [0.5, 0.6) is 0 Å². The first-order chi connectivity index (χ1) is 11.9. The first kappa shape index (κ1) is 17.7. The Labute approximate surface area is 147 Å². The molecule has 1 aromatic carbocycles. The van der Waals surface area contributed by atoms with Crippen molar-refractivity contribution >= 4 is 15.9 Å². The summed E-state index contributed by atoms with van der Waals surface area (Å²) < 4.78 is 31.1. The first-order valence-electron chi connectivity index (χ1n) is 8.33. The number of aryl methyl sites for hydroxylation is 1. The van der Waals surface area contributed by atoms with Crippen molar-refractivity contribution in [3.05, 3.63) is 53.3 Å². The number of hydrogen-bond donors (Lipinski definition) is 1. The molecule has 1 fully saturated rings. The second kappa shape index (κ2) is 7.01. The Balaban J connectivity index is 1.87. The molecule has 2 aromatic rings. The molecule has 1 aromatic heterocycles. The van der Waals surface area contributed by atoms with Crippen LogP contribution < -0.4 is 4.72 Å². The fourth-order valence-corrected chi connectivity index (χ4v) is 3.78. The summed E-state index contributed by atoms with van der Waals surface area (Å²) in [7, 11) is -2.40. The molecule has 1 amide bonds. The minimum Gasteiger partial charge on any atom is -0.438 e. The summed E-state index contributed by atoms with van der Waals surface area (Å²) in [6.45, 7) is 2.66. The van der Waals surface area contributed by atoms with E-state index in [1.807, 2.05) is 31.2 Å². The van der Waals surface area contributed by atoms with Gasteiger partial charge in [0, 0.05) is 6.54 Å². The molecule has 134 valence electrons. The molecule has 1 N–H and O–H groups in total. The predicted octanol–water partition coefficient (Wildman–Crippen LogP) is 2.86. The van der Waals surface area contributed by atoms with Crippen LogP contribution >= 0.6 is 0 Å². The van der Waals surface area contributed by atoms with E-state index in [0.717, 1.165) is 24.8 Å². The van der Waals surface area contributed by atoms with Gasteiger partial charge in [-0.25, -0.2) is 13.1 Å². The SMILES string of the molecule is CNS(=O)(=O)c1ccc(C(=O)N2CCCC[C@H]2c2ccc(C)cc2)o1. The molecule has 0 radical (unpaired) electrons. The Hall–Kier alpha value is -2.12. The van der Waals surface area contributed by atoms with E-state index in [0.29, 0.717) is 6.54 Å². The number of nitrogens with one attached hydrogen (secondary N) is 1. The van der Waals surface area contributed by atoms with E-state index in [-0.39, 0.29) is 22.8 Å². The van der Waals surface area contributed by atoms with Crippen LogP contribution in [-0.4, -0.2) is 32.8 Å². The van der Waals surface area contributed by atoms with Crippen molar-refractivity contribution in [2.45, 2.75) is 37.3 Å². The van der Waals surface area contributed by atoms with Crippen LogP contribution in [0.15, 0.2) is 45.9 Å². The van der Waals surface area contributed by atoms with Crippen LogP contribution in [-0.2, 0) is 10.0 Å². The zero-order valence-corrected chi connectivity index (χ0v) is 15.2. The van der Waals surface area contributed by atoms with Gasteiger partial charge in [0.05, 0.1) is 6.04 Å². The van der Waals surface area contributed by atoms with E-state index in [4.69, 9.17) is 4.42 Å². The molecule has 1 atom stereocenters. The molecule has 6 nitrogen and oxygen atoms in total. The van der Waals surface area contributed by atoms with Gasteiger partial charge >= 0.3 is 0 Å². The van der Waals surface area contributed by atoms with Crippen LogP contribution in [0, 0.1) is 6.92 Å². The van der Waals surface area contributed by atoms with E-state index < -0.39 is 10.0 Å². The molecular weight excluding hydrogens is 340 g/mol. The van der Waals surface area contributed by atoms with Crippen molar-refractivity contribution in [3.8, 4) is 0 Å². The van der Waals surface area contributed by atoms with Crippen LogP contribution in [0.1, 0.15) is 47.0 Å². The molecule has 7 heteroatoms. The highest BCUT2D eigenvalue weighted by atomic mass is 32.2. The van der Waals surface area contributed by atoms with Gasteiger partial charge in [-0.15, -0.1) is 0 Å². The quantitative estimate of drug-likeness (QED) is 0.907. The Kier molecular flexibility index (Phi) is 4.96. The Morgan fingerprint density at radius 3 is 2.56 bits per heavy atom. The minimum absolute atomic E-state index is 0.0173. The van der Waals surface area contributed by atoms with Crippen molar-refractivity contribution in [3.63, 3.8) is 0 Å². The molecule has 0 bridgehead atoms. The number of nitrogens with zero attached hydrogens (tertiary/aromatic N) is 1. The van der Waals surface area contributed by atoms with Gasteiger partial charge in [-0.2, -0.15) is 0 Å². The molecule has 0 saturated carbocycles. The number of sulfonamides is 1. The Bertz CT molecular complexity index is 855. The highest BCUT2D eigenvalue weighted by molar-refractivity contribution is 7.89. The lowest BCUT2D eigenvalue weighted by atomic mass is 9.94. The number of amides is 1. The van der Waals surface area contributed by atoms with Gasteiger partial charge in [-0.05, 0) is 50.9 Å². The van der Waals surface area contributed by atoms with Crippen molar-refractivity contribution in [1.29, 1.82) is 0 Å². The standard InChI is InChI=1S/C18H22N2O4S/c1-13-6-8-14(9-7-13)15-5-3-4-12-20(15)18(21)16-10-11-17(24-16)25(22,23)19-2/h6-11,15,19H,3-5,12H2,1-2H3/t15-/m0/s1. The van der Waals surface area contributed by atoms with Gasteiger partial charge in [-0.3, -0.25) is 4.79 Å². The highest BCUT2D eigenvalue weighted by Gasteiger charge is 2.31. The summed E-state index contributed by atoms with van der Waals surface area (Å²) in [6, 6.07) is 10.9. The van der Waals surface area contributed by atoms with E-state index in [1.54, 1.807) is 4.90 Å². The molecular formula is C18H22N2O4S. The van der Waals surface area contributed by atoms with Gasteiger partial charge in [0.25, 0.3) is 15.9 Å². The monoisotopic (exact) mass is 362 g/mol. The third-order valence-corrected chi connectivity index (χ3v) is 5.84. The number of benzene rings is 1. The van der Waals surface area contributed by atoms with Crippen molar-refractivity contribution < 1.29 is 17.6 Å². The summed E-state index contributed by atoms with van der Waals surface area (Å²) in [5, 5.41) is -0.248. The maximum atomic E-state index is 12.9. The lowest BCUT2D eigenvalue weighted by molar-refractivity contribution is 0.0573. The third kappa shape index (κ3) is 3.62. The van der Waals surface area contributed by atoms with Gasteiger partial charge in [0.15, 0.2) is 5.76 Å². The number of carbonyl (C=O) groups is 1. The normalized spacial score (nSPS) is 18.3. The lowest BCUT2D eigenvalue weighted by Gasteiger charge is -2.35. The fraction of sp³-hybridized carbons (Fsp3) is 0.389. The molecule has 25 heavy (non-hydrogen) atoms. The van der Waals surface area contributed by atoms with Crippen molar-refractivity contribution in [1.82, 2.24) is 9.62 Å². The Morgan fingerprint density at radius 2 is 1.88 bits per heavy atom. The van der Waals surface area contributed by atoms with E-state index in [1.165, 1.54) is 24.7 Å². The maximum Gasteiger partial charge on any atom is 0.290 e. The largest absolute Gasteiger partial charge is 0.438 e. The van der Waals surface area contributed by atoms with Crippen LogP contribution in [0.4, 0.5) is 0 Å². The molecule has 0 unspecified atom stereocenters. The van der Waals surface area contributed by atoms with Crippen LogP contribution in [0.3, 0.4) is 0 Å². The maximum absolute atomic E-state index is 12.9. The average molecular weight is 362 g/mol. The molecule has 0 aliphatic carbocycles. The molecule has 1 aliphatic heterocycles. The Morgan fingerprint density at radius 1 is 1.16 bits per heavy atom. The number of piperidine rings is 1. The smallest absolute Gasteiger partial charge is 0.290 e.